The van der Waals surface area contributed by atoms with Gasteiger partial charge in [-0.25, -0.2) is 0 Å². The second kappa shape index (κ2) is 6.72. The summed E-state index contributed by atoms with van der Waals surface area (Å²) in [6, 6.07) is 0.612. The van der Waals surface area contributed by atoms with E-state index in [-0.39, 0.29) is 0 Å². The fourth-order valence-electron chi connectivity index (χ4n) is 3.62. The van der Waals surface area contributed by atoms with Gasteiger partial charge in [0.25, 0.3) is 0 Å². The molecule has 2 fully saturated rings. The molecule has 1 aliphatic carbocycles. The van der Waals surface area contributed by atoms with Gasteiger partial charge in [-0.05, 0) is 45.1 Å². The summed E-state index contributed by atoms with van der Waals surface area (Å²) >= 11 is 0. The first-order chi connectivity index (χ1) is 8.35. The summed E-state index contributed by atoms with van der Waals surface area (Å²) < 4.78 is 5.79. The molecule has 0 aromatic rings. The van der Waals surface area contributed by atoms with Crippen molar-refractivity contribution in [3.05, 3.63) is 0 Å². The van der Waals surface area contributed by atoms with Gasteiger partial charge < -0.3 is 10.5 Å². The Morgan fingerprint density at radius 2 is 2.00 bits per heavy atom. The number of ether oxygens (including phenoxy) is 1. The number of rotatable bonds is 5. The zero-order valence-electron chi connectivity index (χ0n) is 11.2. The van der Waals surface area contributed by atoms with Gasteiger partial charge in [0, 0.05) is 25.7 Å². The molecule has 2 atom stereocenters. The van der Waals surface area contributed by atoms with E-state index in [0.717, 1.165) is 25.6 Å². The van der Waals surface area contributed by atoms with Gasteiger partial charge in [0.15, 0.2) is 0 Å². The molecule has 0 bridgehead atoms. The van der Waals surface area contributed by atoms with Crippen LogP contribution in [0.5, 0.6) is 0 Å². The Kier molecular flexibility index (Phi) is 5.26. The van der Waals surface area contributed by atoms with E-state index in [9.17, 15) is 0 Å². The van der Waals surface area contributed by atoms with Crippen LogP contribution in [0.2, 0.25) is 0 Å². The molecule has 3 nitrogen and oxygen atoms in total. The molecule has 2 rings (SSSR count). The van der Waals surface area contributed by atoms with Crippen molar-refractivity contribution >= 4 is 0 Å². The summed E-state index contributed by atoms with van der Waals surface area (Å²) in [5, 5.41) is 0. The quantitative estimate of drug-likeness (QED) is 0.799. The van der Waals surface area contributed by atoms with Crippen molar-refractivity contribution in [2.45, 2.75) is 57.6 Å². The van der Waals surface area contributed by atoms with E-state index in [1.54, 1.807) is 0 Å². The van der Waals surface area contributed by atoms with Crippen LogP contribution in [-0.2, 0) is 4.74 Å². The van der Waals surface area contributed by atoms with E-state index in [1.165, 1.54) is 45.1 Å². The van der Waals surface area contributed by atoms with Gasteiger partial charge in [-0.15, -0.1) is 0 Å². The monoisotopic (exact) mass is 240 g/mol. The fourth-order valence-corrected chi connectivity index (χ4v) is 3.62. The minimum absolute atomic E-state index is 0.448. The predicted octanol–water partition coefficient (Wildman–Crippen LogP) is 2.00. The molecule has 2 N–H and O–H groups in total. The summed E-state index contributed by atoms with van der Waals surface area (Å²) in [5.74, 6) is 0.848. The van der Waals surface area contributed by atoms with Crippen LogP contribution in [0.3, 0.4) is 0 Å². The van der Waals surface area contributed by atoms with Crippen LogP contribution >= 0.6 is 0 Å². The minimum Gasteiger partial charge on any atom is -0.377 e. The Labute approximate surface area is 106 Å². The number of nitrogens with zero attached hydrogens (tertiary/aromatic N) is 1. The third-order valence-corrected chi connectivity index (χ3v) is 4.47. The molecule has 1 saturated heterocycles. The average Bonchev–Trinajstić information content (AvgIpc) is 2.85. The highest BCUT2D eigenvalue weighted by Gasteiger charge is 2.31. The minimum atomic E-state index is 0.448. The highest BCUT2D eigenvalue weighted by molar-refractivity contribution is 4.87. The van der Waals surface area contributed by atoms with Crippen molar-refractivity contribution in [3.63, 3.8) is 0 Å². The van der Waals surface area contributed by atoms with Gasteiger partial charge >= 0.3 is 0 Å². The fraction of sp³-hybridized carbons (Fsp3) is 1.00. The summed E-state index contributed by atoms with van der Waals surface area (Å²) in [4.78, 5) is 2.61. The molecule has 2 unspecified atom stereocenters. The van der Waals surface area contributed by atoms with E-state index in [2.05, 4.69) is 11.8 Å². The maximum Gasteiger partial charge on any atom is 0.0702 e. The van der Waals surface area contributed by atoms with Gasteiger partial charge in [-0.2, -0.15) is 0 Å². The first-order valence-corrected chi connectivity index (χ1v) is 7.40. The Morgan fingerprint density at radius 1 is 1.24 bits per heavy atom. The van der Waals surface area contributed by atoms with Crippen molar-refractivity contribution in [1.29, 1.82) is 0 Å². The lowest BCUT2D eigenvalue weighted by molar-refractivity contribution is -0.0144. The van der Waals surface area contributed by atoms with Crippen molar-refractivity contribution in [3.8, 4) is 0 Å². The van der Waals surface area contributed by atoms with Crippen LogP contribution in [-0.4, -0.2) is 43.3 Å². The van der Waals surface area contributed by atoms with Crippen molar-refractivity contribution in [1.82, 2.24) is 4.90 Å². The third kappa shape index (κ3) is 3.43. The van der Waals surface area contributed by atoms with E-state index >= 15 is 0 Å². The standard InChI is InChI=1S/C14H28N2O/c1-2-17-13-8-5-9-16(11-13)14(10-15)12-6-3-4-7-12/h12-14H,2-11,15H2,1H3. The molecular weight excluding hydrogens is 212 g/mol. The second-order valence-corrected chi connectivity index (χ2v) is 5.56. The van der Waals surface area contributed by atoms with Gasteiger partial charge in [0.2, 0.25) is 0 Å². The Hall–Kier alpha value is -0.120. The van der Waals surface area contributed by atoms with Crippen molar-refractivity contribution in [2.24, 2.45) is 11.7 Å². The Balaban J connectivity index is 1.89. The second-order valence-electron chi connectivity index (χ2n) is 5.56. The van der Waals surface area contributed by atoms with Crippen LogP contribution < -0.4 is 5.73 Å². The lowest BCUT2D eigenvalue weighted by Gasteiger charge is -2.40. The molecule has 0 spiro atoms. The molecule has 1 aliphatic heterocycles. The molecule has 2 aliphatic rings. The summed E-state index contributed by atoms with van der Waals surface area (Å²) in [6.07, 6.45) is 8.53. The molecule has 1 saturated carbocycles. The topological polar surface area (TPSA) is 38.5 Å². The van der Waals surface area contributed by atoms with Gasteiger partial charge in [0.1, 0.15) is 0 Å². The van der Waals surface area contributed by atoms with E-state index in [0.29, 0.717) is 12.1 Å². The van der Waals surface area contributed by atoms with Crippen LogP contribution in [0.25, 0.3) is 0 Å². The van der Waals surface area contributed by atoms with E-state index in [1.807, 2.05) is 0 Å². The predicted molar refractivity (Wildman–Crippen MR) is 71.0 cm³/mol. The van der Waals surface area contributed by atoms with Gasteiger partial charge in [0.05, 0.1) is 6.10 Å². The molecule has 17 heavy (non-hydrogen) atoms. The normalized spacial score (nSPS) is 29.6. The van der Waals surface area contributed by atoms with Crippen molar-refractivity contribution in [2.75, 3.05) is 26.2 Å². The van der Waals surface area contributed by atoms with Gasteiger partial charge in [-0.3, -0.25) is 4.90 Å². The summed E-state index contributed by atoms with van der Waals surface area (Å²) in [6.45, 7) is 6.09. The molecular formula is C14H28N2O. The molecule has 3 heteroatoms. The van der Waals surface area contributed by atoms with Crippen LogP contribution in [0, 0.1) is 5.92 Å². The molecule has 100 valence electrons. The number of hydrogen-bond acceptors (Lipinski definition) is 3. The summed E-state index contributed by atoms with van der Waals surface area (Å²) in [5.41, 5.74) is 6.02. The molecule has 1 heterocycles. The third-order valence-electron chi connectivity index (χ3n) is 4.47. The van der Waals surface area contributed by atoms with Crippen LogP contribution in [0.4, 0.5) is 0 Å². The lowest BCUT2D eigenvalue weighted by atomic mass is 9.94. The van der Waals surface area contributed by atoms with E-state index < -0.39 is 0 Å². The average molecular weight is 240 g/mol. The lowest BCUT2D eigenvalue weighted by Crippen LogP contribution is -2.51. The van der Waals surface area contributed by atoms with E-state index in [4.69, 9.17) is 10.5 Å². The number of nitrogens with two attached hydrogens (primary N) is 1. The largest absolute Gasteiger partial charge is 0.377 e. The van der Waals surface area contributed by atoms with Crippen LogP contribution in [0.15, 0.2) is 0 Å². The zero-order chi connectivity index (χ0) is 12.1. The molecule has 0 aromatic carbocycles. The number of likely N-dealkylation sites (tertiary alicyclic amines) is 1. The Bertz CT molecular complexity index is 214. The van der Waals surface area contributed by atoms with Gasteiger partial charge in [-0.1, -0.05) is 12.8 Å². The molecule has 0 aromatic heterocycles. The molecule has 0 radical (unpaired) electrons. The maximum atomic E-state index is 6.02. The highest BCUT2D eigenvalue weighted by atomic mass is 16.5. The Morgan fingerprint density at radius 3 is 2.65 bits per heavy atom. The zero-order valence-corrected chi connectivity index (χ0v) is 11.2. The van der Waals surface area contributed by atoms with Crippen molar-refractivity contribution < 1.29 is 4.74 Å². The highest BCUT2D eigenvalue weighted by Crippen LogP contribution is 2.31. The van der Waals surface area contributed by atoms with Crippen LogP contribution in [0.1, 0.15) is 45.4 Å². The number of hydrogen-bond donors (Lipinski definition) is 1. The first-order valence-electron chi connectivity index (χ1n) is 7.40. The first kappa shape index (κ1) is 13.3. The SMILES string of the molecule is CCOC1CCCN(C(CN)C2CCCC2)C1. The number of piperidine rings is 1. The molecule has 0 amide bonds. The summed E-state index contributed by atoms with van der Waals surface area (Å²) in [7, 11) is 0. The maximum absolute atomic E-state index is 6.02. The smallest absolute Gasteiger partial charge is 0.0702 e.